The van der Waals surface area contributed by atoms with Crippen molar-refractivity contribution >= 4 is 38.4 Å². The van der Waals surface area contributed by atoms with Crippen molar-refractivity contribution < 1.29 is 0 Å². The summed E-state index contributed by atoms with van der Waals surface area (Å²) >= 11 is 9.67. The Morgan fingerprint density at radius 3 is 2.80 bits per heavy atom. The summed E-state index contributed by atoms with van der Waals surface area (Å²) < 4.78 is 3.07. The van der Waals surface area contributed by atoms with Crippen molar-refractivity contribution in [3.05, 3.63) is 69.3 Å². The summed E-state index contributed by atoms with van der Waals surface area (Å²) in [6.45, 7) is 0.685. The lowest BCUT2D eigenvalue weighted by Crippen LogP contribution is -1.98. The molecular weight excluding hydrogens is 336 g/mol. The smallest absolute Gasteiger partial charge is 0.0998 e. The Morgan fingerprint density at radius 2 is 2.05 bits per heavy atom. The van der Waals surface area contributed by atoms with Gasteiger partial charge in [-0.05, 0) is 35.9 Å². The number of nitriles is 1. The fourth-order valence-corrected chi connectivity index (χ4v) is 3.03. The van der Waals surface area contributed by atoms with Gasteiger partial charge in [-0.3, -0.25) is 0 Å². The zero-order valence-electron chi connectivity index (χ0n) is 10.5. The number of halogens is 2. The van der Waals surface area contributed by atoms with Crippen LogP contribution in [0.4, 0.5) is 0 Å². The van der Waals surface area contributed by atoms with E-state index in [-0.39, 0.29) is 0 Å². The van der Waals surface area contributed by atoms with Gasteiger partial charge in [0.1, 0.15) is 0 Å². The van der Waals surface area contributed by atoms with E-state index < -0.39 is 0 Å². The Hall–Kier alpha value is -1.76. The molecule has 0 N–H and O–H groups in total. The molecule has 20 heavy (non-hydrogen) atoms. The van der Waals surface area contributed by atoms with Crippen LogP contribution in [0.5, 0.6) is 0 Å². The molecule has 0 bridgehead atoms. The summed E-state index contributed by atoms with van der Waals surface area (Å²) in [5.41, 5.74) is 2.79. The van der Waals surface area contributed by atoms with Crippen LogP contribution < -0.4 is 0 Å². The van der Waals surface area contributed by atoms with E-state index in [0.717, 1.165) is 26.0 Å². The largest absolute Gasteiger partial charge is 0.343 e. The van der Waals surface area contributed by atoms with Crippen LogP contribution in [0.2, 0.25) is 5.02 Å². The van der Waals surface area contributed by atoms with Gasteiger partial charge in [-0.15, -0.1) is 0 Å². The van der Waals surface area contributed by atoms with Crippen molar-refractivity contribution in [1.29, 1.82) is 5.26 Å². The van der Waals surface area contributed by atoms with Crippen molar-refractivity contribution in [3.63, 3.8) is 0 Å². The lowest BCUT2D eigenvalue weighted by molar-refractivity contribution is 0.837. The van der Waals surface area contributed by atoms with Crippen LogP contribution in [0, 0.1) is 11.3 Å². The van der Waals surface area contributed by atoms with Crippen LogP contribution >= 0.6 is 27.5 Å². The summed E-state index contributed by atoms with van der Waals surface area (Å²) in [6, 6.07) is 15.8. The second-order valence-electron chi connectivity index (χ2n) is 4.53. The molecule has 0 unspecified atom stereocenters. The zero-order chi connectivity index (χ0) is 14.1. The average Bonchev–Trinajstić information content (AvgIpc) is 2.85. The molecule has 0 saturated heterocycles. The minimum absolute atomic E-state index is 0.685. The van der Waals surface area contributed by atoms with Gasteiger partial charge >= 0.3 is 0 Å². The summed E-state index contributed by atoms with van der Waals surface area (Å²) in [5, 5.41) is 10.8. The van der Waals surface area contributed by atoms with Crippen molar-refractivity contribution in [1.82, 2.24) is 4.57 Å². The fourth-order valence-electron chi connectivity index (χ4n) is 2.29. The van der Waals surface area contributed by atoms with E-state index in [1.54, 1.807) is 0 Å². The van der Waals surface area contributed by atoms with Crippen LogP contribution in [-0.4, -0.2) is 4.57 Å². The van der Waals surface area contributed by atoms with Crippen LogP contribution in [0.1, 0.15) is 11.1 Å². The van der Waals surface area contributed by atoms with Crippen molar-refractivity contribution in [3.8, 4) is 6.07 Å². The normalized spacial score (nSPS) is 10.7. The molecule has 4 heteroatoms. The number of benzene rings is 2. The van der Waals surface area contributed by atoms with Crippen molar-refractivity contribution in [2.24, 2.45) is 0 Å². The van der Waals surface area contributed by atoms with Crippen LogP contribution in [-0.2, 0) is 6.54 Å². The molecule has 0 spiro atoms. The fraction of sp³-hybridized carbons (Fsp3) is 0.0625. The quantitative estimate of drug-likeness (QED) is 0.644. The van der Waals surface area contributed by atoms with Gasteiger partial charge in [0.2, 0.25) is 0 Å². The molecule has 3 aromatic rings. The lowest BCUT2D eigenvalue weighted by atomic mass is 10.1. The molecule has 0 saturated carbocycles. The van der Waals surface area contributed by atoms with Crippen molar-refractivity contribution in [2.75, 3.05) is 0 Å². The van der Waals surface area contributed by atoms with E-state index in [1.807, 2.05) is 48.7 Å². The van der Waals surface area contributed by atoms with Crippen LogP contribution in [0.15, 0.2) is 53.1 Å². The molecule has 98 valence electrons. The van der Waals surface area contributed by atoms with Crippen molar-refractivity contribution in [2.45, 2.75) is 6.54 Å². The standard InChI is InChI=1S/C16H10BrClN2/c17-13-5-4-12(15(18)8-13)10-20-7-6-14-11(9-19)2-1-3-16(14)20/h1-8H,10H2. The van der Waals surface area contributed by atoms with Gasteiger partial charge in [0, 0.05) is 33.1 Å². The third-order valence-electron chi connectivity index (χ3n) is 3.29. The lowest BCUT2D eigenvalue weighted by Gasteiger charge is -2.08. The number of fused-ring (bicyclic) bond motifs is 1. The maximum atomic E-state index is 9.12. The summed E-state index contributed by atoms with van der Waals surface area (Å²) in [5.74, 6) is 0. The molecule has 1 heterocycles. The first-order chi connectivity index (χ1) is 9.69. The summed E-state index contributed by atoms with van der Waals surface area (Å²) in [7, 11) is 0. The first-order valence-corrected chi connectivity index (χ1v) is 7.28. The van der Waals surface area contributed by atoms with Gasteiger partial charge in [0.15, 0.2) is 0 Å². The molecule has 3 rings (SSSR count). The summed E-state index contributed by atoms with van der Waals surface area (Å²) in [4.78, 5) is 0. The Kier molecular flexibility index (Phi) is 3.52. The molecule has 2 aromatic carbocycles. The first kappa shape index (κ1) is 13.2. The number of hydrogen-bond donors (Lipinski definition) is 0. The molecule has 0 aliphatic carbocycles. The van der Waals surface area contributed by atoms with Crippen LogP contribution in [0.25, 0.3) is 10.9 Å². The SMILES string of the molecule is N#Cc1cccc2c1ccn2Cc1ccc(Br)cc1Cl. The van der Waals surface area contributed by atoms with Gasteiger partial charge in [-0.1, -0.05) is 39.7 Å². The number of rotatable bonds is 2. The average molecular weight is 346 g/mol. The number of aromatic nitrogens is 1. The van der Waals surface area contributed by atoms with E-state index in [4.69, 9.17) is 16.9 Å². The summed E-state index contributed by atoms with van der Waals surface area (Å²) in [6.07, 6.45) is 1.99. The van der Waals surface area contributed by atoms with Gasteiger partial charge < -0.3 is 4.57 Å². The molecule has 0 radical (unpaired) electrons. The van der Waals surface area contributed by atoms with E-state index in [2.05, 4.69) is 26.6 Å². The Bertz CT molecular complexity index is 830. The van der Waals surface area contributed by atoms with E-state index in [0.29, 0.717) is 12.1 Å². The second kappa shape index (κ2) is 5.32. The van der Waals surface area contributed by atoms with Gasteiger partial charge in [0.25, 0.3) is 0 Å². The molecule has 0 aliphatic heterocycles. The molecule has 1 aromatic heterocycles. The predicted molar refractivity (Wildman–Crippen MR) is 84.9 cm³/mol. The van der Waals surface area contributed by atoms with Gasteiger partial charge in [0.05, 0.1) is 11.6 Å². The highest BCUT2D eigenvalue weighted by molar-refractivity contribution is 9.10. The highest BCUT2D eigenvalue weighted by Gasteiger charge is 2.07. The first-order valence-electron chi connectivity index (χ1n) is 6.11. The van der Waals surface area contributed by atoms with E-state index >= 15 is 0 Å². The highest BCUT2D eigenvalue weighted by Crippen LogP contribution is 2.25. The maximum Gasteiger partial charge on any atom is 0.0998 e. The molecule has 2 nitrogen and oxygen atoms in total. The predicted octanol–water partition coefficient (Wildman–Crippen LogP) is 4.98. The number of hydrogen-bond acceptors (Lipinski definition) is 1. The van der Waals surface area contributed by atoms with Gasteiger partial charge in [-0.2, -0.15) is 5.26 Å². The van der Waals surface area contributed by atoms with Gasteiger partial charge in [-0.25, -0.2) is 0 Å². The molecule has 0 atom stereocenters. The third-order valence-corrected chi connectivity index (χ3v) is 4.14. The topological polar surface area (TPSA) is 28.7 Å². The number of nitrogens with zero attached hydrogens (tertiary/aromatic N) is 2. The monoisotopic (exact) mass is 344 g/mol. The van der Waals surface area contributed by atoms with E-state index in [9.17, 15) is 0 Å². The maximum absolute atomic E-state index is 9.12. The third kappa shape index (κ3) is 2.33. The molecule has 0 aliphatic rings. The molecule has 0 fully saturated rings. The highest BCUT2D eigenvalue weighted by atomic mass is 79.9. The Morgan fingerprint density at radius 1 is 1.20 bits per heavy atom. The minimum Gasteiger partial charge on any atom is -0.343 e. The second-order valence-corrected chi connectivity index (χ2v) is 5.85. The van der Waals surface area contributed by atoms with E-state index in [1.165, 1.54) is 0 Å². The Balaban J connectivity index is 2.06. The molecule has 0 amide bonds. The zero-order valence-corrected chi connectivity index (χ0v) is 12.8. The Labute approximate surface area is 130 Å². The van der Waals surface area contributed by atoms with Crippen LogP contribution in [0.3, 0.4) is 0 Å². The minimum atomic E-state index is 0.685. The molecular formula is C16H10BrClN2.